The van der Waals surface area contributed by atoms with Crippen LogP contribution in [-0.4, -0.2) is 6.54 Å². The molecule has 19 heavy (non-hydrogen) atoms. The van der Waals surface area contributed by atoms with E-state index < -0.39 is 0 Å². The second kappa shape index (κ2) is 6.28. The monoisotopic (exact) mass is 279 g/mol. The zero-order chi connectivity index (χ0) is 13.9. The average molecular weight is 280 g/mol. The topological polar surface area (TPSA) is 12.0 Å². The fourth-order valence-electron chi connectivity index (χ4n) is 3.55. The molecule has 1 saturated carbocycles. The molecule has 1 fully saturated rings. The van der Waals surface area contributed by atoms with Crippen molar-refractivity contribution in [3.63, 3.8) is 0 Å². The van der Waals surface area contributed by atoms with E-state index in [0.717, 1.165) is 11.6 Å². The van der Waals surface area contributed by atoms with E-state index in [1.807, 2.05) is 6.07 Å². The number of rotatable bonds is 4. The fraction of sp³-hybridized carbons (Fsp3) is 0.647. The molecule has 0 bridgehead atoms. The summed E-state index contributed by atoms with van der Waals surface area (Å²) in [6, 6.07) is 8.79. The van der Waals surface area contributed by atoms with Crippen molar-refractivity contribution >= 4 is 11.6 Å². The van der Waals surface area contributed by atoms with Gasteiger partial charge in [0.2, 0.25) is 0 Å². The largest absolute Gasteiger partial charge is 0.310 e. The number of nitrogens with one attached hydrogen (secondary N) is 1. The van der Waals surface area contributed by atoms with Crippen molar-refractivity contribution < 1.29 is 0 Å². The van der Waals surface area contributed by atoms with Crippen LogP contribution in [-0.2, 0) is 0 Å². The Labute approximate surface area is 122 Å². The van der Waals surface area contributed by atoms with E-state index in [1.54, 1.807) is 0 Å². The Morgan fingerprint density at radius 3 is 2.79 bits per heavy atom. The van der Waals surface area contributed by atoms with Crippen LogP contribution in [0, 0.1) is 11.3 Å². The normalized spacial score (nSPS) is 24.1. The Hall–Kier alpha value is -0.530. The molecule has 2 rings (SSSR count). The lowest BCUT2D eigenvalue weighted by Gasteiger charge is -2.43. The van der Waals surface area contributed by atoms with Gasteiger partial charge < -0.3 is 5.32 Å². The van der Waals surface area contributed by atoms with Gasteiger partial charge in [0.25, 0.3) is 0 Å². The number of halogens is 1. The molecule has 1 aromatic rings. The molecule has 0 amide bonds. The van der Waals surface area contributed by atoms with E-state index in [2.05, 4.69) is 44.3 Å². The molecule has 0 saturated heterocycles. The number of hydrogen-bond donors (Lipinski definition) is 1. The van der Waals surface area contributed by atoms with Gasteiger partial charge in [-0.05, 0) is 48.4 Å². The highest BCUT2D eigenvalue weighted by Gasteiger charge is 2.37. The molecule has 1 aliphatic carbocycles. The van der Waals surface area contributed by atoms with Gasteiger partial charge in [-0.15, -0.1) is 0 Å². The summed E-state index contributed by atoms with van der Waals surface area (Å²) in [6.45, 7) is 8.04. The summed E-state index contributed by atoms with van der Waals surface area (Å²) in [5, 5.41) is 4.53. The Bertz CT molecular complexity index is 413. The Morgan fingerprint density at radius 2 is 2.16 bits per heavy atom. The molecule has 1 nitrogen and oxygen atoms in total. The molecule has 1 aromatic carbocycles. The molecule has 2 unspecified atom stereocenters. The molecule has 0 aromatic heterocycles. The molecule has 1 N–H and O–H groups in total. The van der Waals surface area contributed by atoms with Gasteiger partial charge in [-0.25, -0.2) is 0 Å². The summed E-state index contributed by atoms with van der Waals surface area (Å²) in [6.07, 6.45) is 5.38. The number of hydrogen-bond acceptors (Lipinski definition) is 1. The van der Waals surface area contributed by atoms with E-state index in [4.69, 9.17) is 11.6 Å². The predicted molar refractivity (Wildman–Crippen MR) is 83.6 cm³/mol. The lowest BCUT2D eigenvalue weighted by molar-refractivity contribution is 0.0988. The third-order valence-corrected chi connectivity index (χ3v) is 4.86. The maximum Gasteiger partial charge on any atom is 0.0409 e. The van der Waals surface area contributed by atoms with Crippen molar-refractivity contribution in [3.8, 4) is 0 Å². The molecule has 0 heterocycles. The summed E-state index contributed by atoms with van der Waals surface area (Å²) in [4.78, 5) is 0. The standard InChI is InChI=1S/C17H26ClN/c1-4-19-16(13-8-7-9-14(18)12-13)15-10-5-6-11-17(15,2)3/h7-9,12,15-16,19H,4-6,10-11H2,1-3H3. The quantitative estimate of drug-likeness (QED) is 0.798. The second-order valence-electron chi connectivity index (χ2n) is 6.43. The van der Waals surface area contributed by atoms with Crippen LogP contribution in [0.2, 0.25) is 5.02 Å². The van der Waals surface area contributed by atoms with E-state index in [9.17, 15) is 0 Å². The van der Waals surface area contributed by atoms with Crippen molar-refractivity contribution in [2.24, 2.45) is 11.3 Å². The van der Waals surface area contributed by atoms with Crippen molar-refractivity contribution in [1.29, 1.82) is 0 Å². The van der Waals surface area contributed by atoms with Crippen molar-refractivity contribution in [2.45, 2.75) is 52.5 Å². The zero-order valence-corrected chi connectivity index (χ0v) is 13.1. The summed E-state index contributed by atoms with van der Waals surface area (Å²) >= 11 is 6.17. The van der Waals surface area contributed by atoms with Gasteiger partial charge in [-0.1, -0.05) is 57.3 Å². The van der Waals surface area contributed by atoms with Crippen LogP contribution in [0.1, 0.15) is 58.1 Å². The fourth-order valence-corrected chi connectivity index (χ4v) is 3.75. The average Bonchev–Trinajstić information content (AvgIpc) is 2.36. The van der Waals surface area contributed by atoms with Crippen LogP contribution in [0.25, 0.3) is 0 Å². The van der Waals surface area contributed by atoms with Crippen LogP contribution in [0.15, 0.2) is 24.3 Å². The molecule has 106 valence electrons. The number of benzene rings is 1. The van der Waals surface area contributed by atoms with E-state index in [0.29, 0.717) is 17.4 Å². The van der Waals surface area contributed by atoms with E-state index >= 15 is 0 Å². The predicted octanol–water partition coefficient (Wildman–Crippen LogP) is 5.21. The van der Waals surface area contributed by atoms with E-state index in [-0.39, 0.29) is 0 Å². The first-order chi connectivity index (χ1) is 9.04. The van der Waals surface area contributed by atoms with Gasteiger partial charge in [0.1, 0.15) is 0 Å². The molecule has 1 aliphatic rings. The van der Waals surface area contributed by atoms with Gasteiger partial charge in [0, 0.05) is 11.1 Å². The van der Waals surface area contributed by atoms with Crippen molar-refractivity contribution in [2.75, 3.05) is 6.54 Å². The minimum atomic E-state index is 0.410. The summed E-state index contributed by atoms with van der Waals surface area (Å²) < 4.78 is 0. The third kappa shape index (κ3) is 3.52. The first-order valence-electron chi connectivity index (χ1n) is 7.53. The zero-order valence-electron chi connectivity index (χ0n) is 12.4. The van der Waals surface area contributed by atoms with Crippen LogP contribution in [0.5, 0.6) is 0 Å². The van der Waals surface area contributed by atoms with Crippen LogP contribution in [0.4, 0.5) is 0 Å². The molecule has 0 aliphatic heterocycles. The SMILES string of the molecule is CCNC(c1cccc(Cl)c1)C1CCCCC1(C)C. The smallest absolute Gasteiger partial charge is 0.0409 e. The Balaban J connectivity index is 2.28. The van der Waals surface area contributed by atoms with Crippen molar-refractivity contribution in [1.82, 2.24) is 5.32 Å². The summed E-state index contributed by atoms with van der Waals surface area (Å²) in [5.41, 5.74) is 1.75. The molecule has 0 spiro atoms. The molecule has 2 atom stereocenters. The highest BCUT2D eigenvalue weighted by molar-refractivity contribution is 6.30. The van der Waals surface area contributed by atoms with Gasteiger partial charge in [0.05, 0.1) is 0 Å². The van der Waals surface area contributed by atoms with Gasteiger partial charge >= 0.3 is 0 Å². The molecule has 2 heteroatoms. The summed E-state index contributed by atoms with van der Waals surface area (Å²) in [5.74, 6) is 0.694. The molecular weight excluding hydrogens is 254 g/mol. The Kier molecular flexibility index (Phi) is 4.92. The maximum absolute atomic E-state index is 6.17. The van der Waals surface area contributed by atoms with Gasteiger partial charge in [0.15, 0.2) is 0 Å². The molecule has 0 radical (unpaired) electrons. The highest BCUT2D eigenvalue weighted by Crippen LogP contribution is 2.46. The van der Waals surface area contributed by atoms with Crippen molar-refractivity contribution in [3.05, 3.63) is 34.9 Å². The van der Waals surface area contributed by atoms with Crippen LogP contribution < -0.4 is 5.32 Å². The highest BCUT2D eigenvalue weighted by atomic mass is 35.5. The first kappa shape index (κ1) is 14.9. The minimum Gasteiger partial charge on any atom is -0.310 e. The lowest BCUT2D eigenvalue weighted by Crippen LogP contribution is -2.39. The Morgan fingerprint density at radius 1 is 1.37 bits per heavy atom. The van der Waals surface area contributed by atoms with Crippen LogP contribution >= 0.6 is 11.6 Å². The third-order valence-electron chi connectivity index (χ3n) is 4.62. The van der Waals surface area contributed by atoms with E-state index in [1.165, 1.54) is 31.2 Å². The lowest BCUT2D eigenvalue weighted by atomic mass is 9.65. The van der Waals surface area contributed by atoms with Gasteiger partial charge in [-0.2, -0.15) is 0 Å². The van der Waals surface area contributed by atoms with Gasteiger partial charge in [-0.3, -0.25) is 0 Å². The minimum absolute atomic E-state index is 0.410. The summed E-state index contributed by atoms with van der Waals surface area (Å²) in [7, 11) is 0. The van der Waals surface area contributed by atoms with Crippen LogP contribution in [0.3, 0.4) is 0 Å². The molecular formula is C17H26ClN. The maximum atomic E-state index is 6.17. The second-order valence-corrected chi connectivity index (χ2v) is 6.87. The first-order valence-corrected chi connectivity index (χ1v) is 7.91.